The Labute approximate surface area is 111 Å². The van der Waals surface area contributed by atoms with E-state index in [9.17, 15) is 4.79 Å². The van der Waals surface area contributed by atoms with Gasteiger partial charge in [-0.25, -0.2) is 4.98 Å². The molecule has 0 aliphatic heterocycles. The number of benzene rings is 2. The summed E-state index contributed by atoms with van der Waals surface area (Å²) in [5, 5.41) is 0.668. The van der Waals surface area contributed by atoms with Crippen molar-refractivity contribution in [2.24, 2.45) is 7.05 Å². The van der Waals surface area contributed by atoms with Crippen LogP contribution in [0.15, 0.2) is 59.4 Å². The quantitative estimate of drug-likeness (QED) is 0.700. The van der Waals surface area contributed by atoms with Gasteiger partial charge < -0.3 is 0 Å². The smallest absolute Gasteiger partial charge is 0.261 e. The van der Waals surface area contributed by atoms with Crippen LogP contribution in [0, 0.1) is 0 Å². The van der Waals surface area contributed by atoms with Crippen LogP contribution >= 0.6 is 0 Å². The third kappa shape index (κ3) is 2.15. The molecule has 19 heavy (non-hydrogen) atoms. The molecule has 0 spiro atoms. The fraction of sp³-hybridized carbons (Fsp3) is 0.125. The Bertz CT molecular complexity index is 776. The highest BCUT2D eigenvalue weighted by atomic mass is 16.1. The van der Waals surface area contributed by atoms with E-state index in [-0.39, 0.29) is 5.56 Å². The summed E-state index contributed by atoms with van der Waals surface area (Å²) in [5.41, 5.74) is 1.92. The van der Waals surface area contributed by atoms with Gasteiger partial charge in [-0.2, -0.15) is 0 Å². The lowest BCUT2D eigenvalue weighted by Crippen LogP contribution is -2.22. The van der Waals surface area contributed by atoms with Crippen molar-refractivity contribution in [2.45, 2.75) is 6.42 Å². The number of nitrogens with zero attached hydrogens (tertiary/aromatic N) is 2. The van der Waals surface area contributed by atoms with E-state index in [1.165, 1.54) is 0 Å². The first-order valence-corrected chi connectivity index (χ1v) is 6.24. The van der Waals surface area contributed by atoms with E-state index in [4.69, 9.17) is 0 Å². The standard InChI is InChI=1S/C16H14N2O/c1-18-15(11-12-7-3-2-4-8-12)17-14-10-6-5-9-13(14)16(18)19/h2-10H,11H2,1H3. The number of hydrogen-bond acceptors (Lipinski definition) is 2. The Morgan fingerprint density at radius 3 is 2.47 bits per heavy atom. The molecule has 1 heterocycles. The monoisotopic (exact) mass is 250 g/mol. The van der Waals surface area contributed by atoms with Gasteiger partial charge in [0, 0.05) is 13.5 Å². The Kier molecular flexibility index (Phi) is 2.88. The summed E-state index contributed by atoms with van der Waals surface area (Å²) in [6.45, 7) is 0. The predicted molar refractivity (Wildman–Crippen MR) is 76.2 cm³/mol. The topological polar surface area (TPSA) is 34.9 Å². The van der Waals surface area contributed by atoms with Crippen molar-refractivity contribution in [3.63, 3.8) is 0 Å². The summed E-state index contributed by atoms with van der Waals surface area (Å²) in [7, 11) is 1.78. The molecule has 0 saturated heterocycles. The Balaban J connectivity index is 2.14. The van der Waals surface area contributed by atoms with Gasteiger partial charge in [0.1, 0.15) is 5.82 Å². The predicted octanol–water partition coefficient (Wildman–Crippen LogP) is 2.52. The Morgan fingerprint density at radius 2 is 1.68 bits per heavy atom. The molecule has 0 atom stereocenters. The van der Waals surface area contributed by atoms with Crippen LogP contribution in [0.25, 0.3) is 10.9 Å². The van der Waals surface area contributed by atoms with Gasteiger partial charge in [-0.05, 0) is 17.7 Å². The highest BCUT2D eigenvalue weighted by molar-refractivity contribution is 5.77. The molecule has 0 radical (unpaired) electrons. The summed E-state index contributed by atoms with van der Waals surface area (Å²) in [6, 6.07) is 17.5. The van der Waals surface area contributed by atoms with E-state index in [2.05, 4.69) is 4.98 Å². The lowest BCUT2D eigenvalue weighted by atomic mass is 10.1. The molecule has 0 N–H and O–H groups in total. The Morgan fingerprint density at radius 1 is 1.00 bits per heavy atom. The fourth-order valence-corrected chi connectivity index (χ4v) is 2.20. The molecule has 0 aliphatic rings. The van der Waals surface area contributed by atoms with Gasteiger partial charge in [0.15, 0.2) is 0 Å². The summed E-state index contributed by atoms with van der Waals surface area (Å²) in [4.78, 5) is 16.9. The van der Waals surface area contributed by atoms with Gasteiger partial charge in [0.2, 0.25) is 0 Å². The van der Waals surface area contributed by atoms with Crippen LogP contribution in [-0.4, -0.2) is 9.55 Å². The van der Waals surface area contributed by atoms with Crippen LogP contribution in [0.1, 0.15) is 11.4 Å². The number of aromatic nitrogens is 2. The van der Waals surface area contributed by atoms with E-state index in [1.807, 2.05) is 54.6 Å². The summed E-state index contributed by atoms with van der Waals surface area (Å²) in [5.74, 6) is 0.787. The lowest BCUT2D eigenvalue weighted by molar-refractivity contribution is 0.763. The van der Waals surface area contributed by atoms with Crippen molar-refractivity contribution < 1.29 is 0 Å². The zero-order chi connectivity index (χ0) is 13.2. The molecule has 3 aromatic rings. The van der Waals surface area contributed by atoms with E-state index in [1.54, 1.807) is 11.6 Å². The molecule has 3 rings (SSSR count). The normalized spacial score (nSPS) is 10.8. The minimum atomic E-state index is 0.0107. The SMILES string of the molecule is Cn1c(Cc2ccccc2)nc2ccccc2c1=O. The maximum atomic E-state index is 12.3. The molecule has 94 valence electrons. The molecule has 3 nitrogen and oxygen atoms in total. The highest BCUT2D eigenvalue weighted by Crippen LogP contribution is 2.10. The second-order valence-corrected chi connectivity index (χ2v) is 4.57. The van der Waals surface area contributed by atoms with E-state index < -0.39 is 0 Å². The van der Waals surface area contributed by atoms with Crippen LogP contribution in [0.3, 0.4) is 0 Å². The first-order chi connectivity index (χ1) is 9.25. The number of para-hydroxylation sites is 1. The summed E-state index contributed by atoms with van der Waals surface area (Å²) >= 11 is 0. The van der Waals surface area contributed by atoms with Crippen LogP contribution < -0.4 is 5.56 Å². The summed E-state index contributed by atoms with van der Waals surface area (Å²) < 4.78 is 1.63. The van der Waals surface area contributed by atoms with Crippen molar-refractivity contribution in [1.29, 1.82) is 0 Å². The van der Waals surface area contributed by atoms with Crippen LogP contribution in [0.5, 0.6) is 0 Å². The molecule has 1 aromatic heterocycles. The van der Waals surface area contributed by atoms with Gasteiger partial charge in [-0.15, -0.1) is 0 Å². The maximum Gasteiger partial charge on any atom is 0.261 e. The minimum Gasteiger partial charge on any atom is -0.299 e. The molecule has 0 amide bonds. The van der Waals surface area contributed by atoms with Crippen LogP contribution in [0.2, 0.25) is 0 Å². The van der Waals surface area contributed by atoms with E-state index in [0.29, 0.717) is 11.8 Å². The third-order valence-corrected chi connectivity index (χ3v) is 3.28. The van der Waals surface area contributed by atoms with Gasteiger partial charge in [-0.3, -0.25) is 9.36 Å². The van der Waals surface area contributed by atoms with E-state index in [0.717, 1.165) is 16.9 Å². The molecule has 2 aromatic carbocycles. The molecule has 0 unspecified atom stereocenters. The molecular formula is C16H14N2O. The largest absolute Gasteiger partial charge is 0.299 e. The second kappa shape index (κ2) is 4.69. The molecule has 0 bridgehead atoms. The Hall–Kier alpha value is -2.42. The average Bonchev–Trinajstić information content (AvgIpc) is 2.46. The highest BCUT2D eigenvalue weighted by Gasteiger charge is 2.07. The number of rotatable bonds is 2. The van der Waals surface area contributed by atoms with Crippen LogP contribution in [0.4, 0.5) is 0 Å². The van der Waals surface area contributed by atoms with Crippen molar-refractivity contribution in [1.82, 2.24) is 9.55 Å². The average molecular weight is 250 g/mol. The third-order valence-electron chi connectivity index (χ3n) is 3.28. The molecular weight excluding hydrogens is 236 g/mol. The first-order valence-electron chi connectivity index (χ1n) is 6.24. The fourth-order valence-electron chi connectivity index (χ4n) is 2.20. The lowest BCUT2D eigenvalue weighted by Gasteiger charge is -2.09. The number of hydrogen-bond donors (Lipinski definition) is 0. The zero-order valence-corrected chi connectivity index (χ0v) is 10.7. The summed E-state index contributed by atoms with van der Waals surface area (Å²) in [6.07, 6.45) is 0.664. The van der Waals surface area contributed by atoms with Crippen molar-refractivity contribution >= 4 is 10.9 Å². The van der Waals surface area contributed by atoms with Gasteiger partial charge in [-0.1, -0.05) is 42.5 Å². The zero-order valence-electron chi connectivity index (χ0n) is 10.7. The molecule has 3 heteroatoms. The van der Waals surface area contributed by atoms with Crippen LogP contribution in [-0.2, 0) is 13.5 Å². The maximum absolute atomic E-state index is 12.3. The first kappa shape index (κ1) is 11.7. The molecule has 0 saturated carbocycles. The number of fused-ring (bicyclic) bond motifs is 1. The van der Waals surface area contributed by atoms with Crippen molar-refractivity contribution in [3.05, 3.63) is 76.3 Å². The minimum absolute atomic E-state index is 0.0107. The second-order valence-electron chi connectivity index (χ2n) is 4.57. The molecule has 0 fully saturated rings. The van der Waals surface area contributed by atoms with Crippen molar-refractivity contribution in [2.75, 3.05) is 0 Å². The van der Waals surface area contributed by atoms with Gasteiger partial charge in [0.25, 0.3) is 5.56 Å². The van der Waals surface area contributed by atoms with Gasteiger partial charge >= 0.3 is 0 Å². The molecule has 0 aliphatic carbocycles. The van der Waals surface area contributed by atoms with Gasteiger partial charge in [0.05, 0.1) is 10.9 Å². The van der Waals surface area contributed by atoms with E-state index >= 15 is 0 Å². The van der Waals surface area contributed by atoms with Crippen molar-refractivity contribution in [3.8, 4) is 0 Å².